The fourth-order valence-corrected chi connectivity index (χ4v) is 3.50. The summed E-state index contributed by atoms with van der Waals surface area (Å²) in [6.07, 6.45) is 3.96. The summed E-state index contributed by atoms with van der Waals surface area (Å²) in [5.74, 6) is 1.66. The summed E-state index contributed by atoms with van der Waals surface area (Å²) in [5.41, 5.74) is 1.59. The highest BCUT2D eigenvalue weighted by molar-refractivity contribution is 7.99. The fraction of sp³-hybridized carbons (Fsp3) is 0.353. The van der Waals surface area contributed by atoms with Crippen molar-refractivity contribution < 1.29 is 9.59 Å². The molecule has 1 saturated heterocycles. The lowest BCUT2D eigenvalue weighted by atomic mass is 10.2. The predicted molar refractivity (Wildman–Crippen MR) is 106 cm³/mol. The van der Waals surface area contributed by atoms with Gasteiger partial charge in [-0.3, -0.25) is 9.59 Å². The van der Waals surface area contributed by atoms with Crippen LogP contribution in [0.3, 0.4) is 0 Å². The van der Waals surface area contributed by atoms with Crippen LogP contribution in [0.25, 0.3) is 5.69 Å². The van der Waals surface area contributed by atoms with Crippen molar-refractivity contribution in [2.45, 2.75) is 12.5 Å². The Morgan fingerprint density at radius 3 is 2.73 bits per heavy atom. The molecule has 1 unspecified atom stereocenters. The third-order valence-corrected chi connectivity index (χ3v) is 4.93. The molecular weight excluding hydrogens is 374 g/mol. The van der Waals surface area contributed by atoms with E-state index in [-0.39, 0.29) is 36.8 Å². The molecule has 1 aliphatic rings. The minimum absolute atomic E-state index is 0. The standard InChI is InChI=1S/C17H21N5O2S.ClH/c23-16(10-14-12-25-9-7-18-14)19-11-17(24)21-13-2-4-15(5-3-13)22-8-1-6-20-22;/h1-6,8,14,18H,7,9-12H2,(H,19,23)(H,21,24);1H. The number of hydrogen-bond donors (Lipinski definition) is 3. The Morgan fingerprint density at radius 2 is 2.08 bits per heavy atom. The number of thioether (sulfide) groups is 1. The molecule has 140 valence electrons. The molecule has 0 saturated carbocycles. The first-order valence-electron chi connectivity index (χ1n) is 8.18. The Balaban J connectivity index is 0.00000243. The number of carbonyl (C=O) groups is 2. The summed E-state index contributed by atoms with van der Waals surface area (Å²) < 4.78 is 1.74. The number of carbonyl (C=O) groups excluding carboxylic acids is 2. The molecule has 0 radical (unpaired) electrons. The monoisotopic (exact) mass is 395 g/mol. The maximum Gasteiger partial charge on any atom is 0.243 e. The molecule has 1 aromatic carbocycles. The normalized spacial score (nSPS) is 16.4. The highest BCUT2D eigenvalue weighted by Gasteiger charge is 2.17. The van der Waals surface area contributed by atoms with E-state index < -0.39 is 0 Å². The quantitative estimate of drug-likeness (QED) is 0.689. The zero-order valence-electron chi connectivity index (χ0n) is 14.2. The van der Waals surface area contributed by atoms with Gasteiger partial charge in [0, 0.05) is 48.6 Å². The maximum atomic E-state index is 12.0. The summed E-state index contributed by atoms with van der Waals surface area (Å²) in [6.45, 7) is 0.900. The molecule has 0 bridgehead atoms. The number of nitrogens with one attached hydrogen (secondary N) is 3. The molecule has 1 atom stereocenters. The van der Waals surface area contributed by atoms with E-state index in [9.17, 15) is 9.59 Å². The van der Waals surface area contributed by atoms with Crippen molar-refractivity contribution in [3.8, 4) is 5.69 Å². The Hall–Kier alpha value is -2.03. The number of anilines is 1. The summed E-state index contributed by atoms with van der Waals surface area (Å²) >= 11 is 1.84. The lowest BCUT2D eigenvalue weighted by molar-refractivity contribution is -0.124. The number of amides is 2. The first-order chi connectivity index (χ1) is 12.2. The van der Waals surface area contributed by atoms with E-state index in [0.29, 0.717) is 12.1 Å². The average Bonchev–Trinajstić information content (AvgIpc) is 3.16. The summed E-state index contributed by atoms with van der Waals surface area (Å²) in [6, 6.07) is 9.39. The molecule has 1 aliphatic heterocycles. The van der Waals surface area contributed by atoms with E-state index >= 15 is 0 Å². The van der Waals surface area contributed by atoms with Gasteiger partial charge in [-0.2, -0.15) is 16.9 Å². The van der Waals surface area contributed by atoms with Gasteiger partial charge in [-0.05, 0) is 30.3 Å². The second-order valence-corrected chi connectivity index (χ2v) is 6.90. The Labute approximate surface area is 162 Å². The van der Waals surface area contributed by atoms with Crippen molar-refractivity contribution in [2.75, 3.05) is 29.9 Å². The van der Waals surface area contributed by atoms with Gasteiger partial charge in [-0.1, -0.05) is 0 Å². The largest absolute Gasteiger partial charge is 0.347 e. The number of nitrogens with zero attached hydrogens (tertiary/aromatic N) is 2. The molecule has 3 rings (SSSR count). The van der Waals surface area contributed by atoms with Crippen LogP contribution in [0, 0.1) is 0 Å². The van der Waals surface area contributed by atoms with Crippen molar-refractivity contribution in [1.29, 1.82) is 0 Å². The van der Waals surface area contributed by atoms with Gasteiger partial charge in [-0.15, -0.1) is 12.4 Å². The molecule has 1 fully saturated rings. The van der Waals surface area contributed by atoms with E-state index in [0.717, 1.165) is 23.7 Å². The number of aromatic nitrogens is 2. The summed E-state index contributed by atoms with van der Waals surface area (Å²) in [4.78, 5) is 23.9. The van der Waals surface area contributed by atoms with Gasteiger partial charge < -0.3 is 16.0 Å². The van der Waals surface area contributed by atoms with Crippen LogP contribution in [-0.4, -0.2) is 52.2 Å². The number of hydrogen-bond acceptors (Lipinski definition) is 5. The van der Waals surface area contributed by atoms with Gasteiger partial charge in [0.15, 0.2) is 0 Å². The van der Waals surface area contributed by atoms with Gasteiger partial charge in [-0.25, -0.2) is 4.68 Å². The summed E-state index contributed by atoms with van der Waals surface area (Å²) in [5, 5.41) is 12.9. The molecule has 9 heteroatoms. The van der Waals surface area contributed by atoms with Gasteiger partial charge in [0.2, 0.25) is 11.8 Å². The topological polar surface area (TPSA) is 88.0 Å². The smallest absolute Gasteiger partial charge is 0.243 e. The highest BCUT2D eigenvalue weighted by atomic mass is 35.5. The van der Waals surface area contributed by atoms with Crippen molar-refractivity contribution in [3.63, 3.8) is 0 Å². The molecular formula is C17H22ClN5O2S. The van der Waals surface area contributed by atoms with Crippen LogP contribution in [0.4, 0.5) is 5.69 Å². The van der Waals surface area contributed by atoms with Crippen LogP contribution in [0.15, 0.2) is 42.7 Å². The fourth-order valence-electron chi connectivity index (χ4n) is 2.55. The molecule has 0 aliphatic carbocycles. The minimum Gasteiger partial charge on any atom is -0.347 e. The highest BCUT2D eigenvalue weighted by Crippen LogP contribution is 2.12. The molecule has 3 N–H and O–H groups in total. The Bertz CT molecular complexity index is 702. The lowest BCUT2D eigenvalue weighted by Crippen LogP contribution is -2.42. The van der Waals surface area contributed by atoms with Gasteiger partial charge in [0.25, 0.3) is 0 Å². The minimum atomic E-state index is -0.244. The molecule has 2 amide bonds. The SMILES string of the molecule is Cl.O=C(CC1CSCCN1)NCC(=O)Nc1ccc(-n2cccn2)cc1. The van der Waals surface area contributed by atoms with Crippen LogP contribution >= 0.6 is 24.2 Å². The van der Waals surface area contributed by atoms with Crippen molar-refractivity contribution in [2.24, 2.45) is 0 Å². The van der Waals surface area contributed by atoms with E-state index in [1.165, 1.54) is 0 Å². The van der Waals surface area contributed by atoms with Gasteiger partial charge >= 0.3 is 0 Å². The predicted octanol–water partition coefficient (Wildman–Crippen LogP) is 1.44. The second kappa shape index (κ2) is 10.2. The zero-order valence-corrected chi connectivity index (χ0v) is 15.8. The van der Waals surface area contributed by atoms with E-state index in [2.05, 4.69) is 21.0 Å². The molecule has 26 heavy (non-hydrogen) atoms. The van der Waals surface area contributed by atoms with Crippen LogP contribution in [0.5, 0.6) is 0 Å². The van der Waals surface area contributed by atoms with Crippen LogP contribution < -0.4 is 16.0 Å². The second-order valence-electron chi connectivity index (χ2n) is 5.75. The van der Waals surface area contributed by atoms with Crippen molar-refractivity contribution in [1.82, 2.24) is 20.4 Å². The van der Waals surface area contributed by atoms with Gasteiger partial charge in [0.1, 0.15) is 0 Å². The van der Waals surface area contributed by atoms with Crippen LogP contribution in [-0.2, 0) is 9.59 Å². The molecule has 1 aromatic heterocycles. The molecule has 0 spiro atoms. The van der Waals surface area contributed by atoms with E-state index in [1.54, 1.807) is 23.0 Å². The zero-order chi connectivity index (χ0) is 17.5. The summed E-state index contributed by atoms with van der Waals surface area (Å²) in [7, 11) is 0. The van der Waals surface area contributed by atoms with Crippen molar-refractivity contribution >= 4 is 41.7 Å². The Morgan fingerprint density at radius 1 is 1.27 bits per heavy atom. The molecule has 7 nitrogen and oxygen atoms in total. The van der Waals surface area contributed by atoms with Crippen LogP contribution in [0.2, 0.25) is 0 Å². The van der Waals surface area contributed by atoms with Crippen LogP contribution in [0.1, 0.15) is 6.42 Å². The lowest BCUT2D eigenvalue weighted by Gasteiger charge is -2.22. The van der Waals surface area contributed by atoms with Crippen molar-refractivity contribution in [3.05, 3.63) is 42.7 Å². The van der Waals surface area contributed by atoms with Gasteiger partial charge in [0.05, 0.1) is 12.2 Å². The maximum absolute atomic E-state index is 12.0. The average molecular weight is 396 g/mol. The third-order valence-electron chi connectivity index (χ3n) is 3.80. The van der Waals surface area contributed by atoms with E-state index in [4.69, 9.17) is 0 Å². The number of benzene rings is 1. The third kappa shape index (κ3) is 6.05. The first-order valence-corrected chi connectivity index (χ1v) is 9.34. The Kier molecular flexibility index (Phi) is 7.96. The number of halogens is 1. The van der Waals surface area contributed by atoms with E-state index in [1.807, 2.05) is 36.2 Å². The molecule has 2 aromatic rings. The number of rotatable bonds is 6. The first kappa shape index (κ1) is 20.3. The molecule has 2 heterocycles.